The molecule has 56 valence electrons. The summed E-state index contributed by atoms with van der Waals surface area (Å²) < 4.78 is 4.35. The maximum atomic E-state index is 10.4. The molecule has 0 aromatic heterocycles. The topological polar surface area (TPSA) is 26.3 Å². The first kappa shape index (κ1) is 8.99. The smallest absolute Gasteiger partial charge is 0.338 e. The van der Waals surface area contributed by atoms with Gasteiger partial charge in [-0.3, -0.25) is 0 Å². The molecule has 0 N–H and O–H groups in total. The molecule has 2 nitrogen and oxygen atoms in total. The lowest BCUT2D eigenvalue weighted by Gasteiger charge is -1.84. The second kappa shape index (κ2) is 6.12. The molecule has 0 aromatic rings. The minimum Gasteiger partial charge on any atom is -0.465 e. The van der Waals surface area contributed by atoms with Gasteiger partial charge in [-0.05, 0) is 12.5 Å². The normalized spacial score (nSPS) is 7.80. The predicted molar refractivity (Wildman–Crippen MR) is 39.6 cm³/mol. The molecular weight excluding hydrogens is 128 g/mol. The minimum absolute atomic E-state index is 0.354. The number of unbranched alkanes of at least 4 members (excludes halogenated alkanes) is 1. The number of ether oxygens (including phenoxy) is 1. The molecule has 0 aliphatic rings. The van der Waals surface area contributed by atoms with E-state index in [2.05, 4.69) is 17.4 Å². The van der Waals surface area contributed by atoms with E-state index in [1.54, 1.807) is 0 Å². The van der Waals surface area contributed by atoms with E-state index < -0.39 is 0 Å². The van der Waals surface area contributed by atoms with Crippen LogP contribution in [0.3, 0.4) is 0 Å². The van der Waals surface area contributed by atoms with E-state index in [4.69, 9.17) is 0 Å². The van der Waals surface area contributed by atoms with E-state index in [1.165, 1.54) is 13.2 Å². The van der Waals surface area contributed by atoms with Crippen LogP contribution in [0.5, 0.6) is 0 Å². The van der Waals surface area contributed by atoms with E-state index in [-0.39, 0.29) is 5.97 Å². The summed E-state index contributed by atoms with van der Waals surface area (Å²) >= 11 is 0. The molecule has 0 saturated carbocycles. The summed E-state index contributed by atoms with van der Waals surface area (Å²) in [5.74, 6) is -0.354. The first-order valence-corrected chi connectivity index (χ1v) is 3.30. The number of rotatable bonds is 3. The van der Waals surface area contributed by atoms with E-state index in [9.17, 15) is 4.79 Å². The van der Waals surface area contributed by atoms with Gasteiger partial charge in [0.25, 0.3) is 0 Å². The van der Waals surface area contributed by atoms with Gasteiger partial charge < -0.3 is 4.74 Å². The Labute approximate surface area is 61.2 Å². The highest BCUT2D eigenvalue weighted by molar-refractivity contribution is 5.81. The SMILES string of the molecule is CCCC=C=CC(=O)OC. The lowest BCUT2D eigenvalue weighted by Crippen LogP contribution is -1.91. The van der Waals surface area contributed by atoms with Gasteiger partial charge in [-0.15, -0.1) is 5.73 Å². The Kier molecular flexibility index (Phi) is 5.50. The highest BCUT2D eigenvalue weighted by atomic mass is 16.5. The van der Waals surface area contributed by atoms with E-state index in [0.29, 0.717) is 0 Å². The largest absolute Gasteiger partial charge is 0.465 e. The Hall–Kier alpha value is -1.01. The van der Waals surface area contributed by atoms with Gasteiger partial charge in [-0.25, -0.2) is 4.79 Å². The molecule has 0 amide bonds. The van der Waals surface area contributed by atoms with Crippen molar-refractivity contribution in [3.8, 4) is 0 Å². The van der Waals surface area contributed by atoms with Crippen LogP contribution in [0.4, 0.5) is 0 Å². The molecule has 0 aromatic carbocycles. The molecule has 0 fully saturated rings. The standard InChI is InChI=1S/C8H12O2/c1-3-4-5-6-7-8(9)10-2/h5,7H,3-4H2,1-2H3. The van der Waals surface area contributed by atoms with Crippen LogP contribution < -0.4 is 0 Å². The van der Waals surface area contributed by atoms with Crippen molar-refractivity contribution in [2.45, 2.75) is 19.8 Å². The number of carbonyl (C=O) groups is 1. The average Bonchev–Trinajstić information content (AvgIpc) is 1.98. The quantitative estimate of drug-likeness (QED) is 0.338. The lowest BCUT2D eigenvalue weighted by atomic mass is 10.3. The van der Waals surface area contributed by atoms with Crippen molar-refractivity contribution >= 4 is 5.97 Å². The van der Waals surface area contributed by atoms with Gasteiger partial charge in [0, 0.05) is 0 Å². The van der Waals surface area contributed by atoms with Gasteiger partial charge in [0.05, 0.1) is 13.2 Å². The number of esters is 1. The summed E-state index contributed by atoms with van der Waals surface area (Å²) in [6, 6.07) is 0. The minimum atomic E-state index is -0.354. The molecule has 0 radical (unpaired) electrons. The molecule has 0 atom stereocenters. The summed E-state index contributed by atoms with van der Waals surface area (Å²) in [7, 11) is 1.35. The summed E-state index contributed by atoms with van der Waals surface area (Å²) in [6.45, 7) is 2.07. The lowest BCUT2D eigenvalue weighted by molar-refractivity contribution is -0.134. The van der Waals surface area contributed by atoms with Crippen LogP contribution >= 0.6 is 0 Å². The molecule has 0 rings (SSSR count). The van der Waals surface area contributed by atoms with Gasteiger partial charge in [0.15, 0.2) is 0 Å². The zero-order valence-electron chi connectivity index (χ0n) is 6.39. The highest BCUT2D eigenvalue weighted by Crippen LogP contribution is 1.85. The van der Waals surface area contributed by atoms with E-state index in [1.807, 2.05) is 6.08 Å². The van der Waals surface area contributed by atoms with Crippen molar-refractivity contribution in [1.29, 1.82) is 0 Å². The average molecular weight is 140 g/mol. The Morgan fingerprint density at radius 2 is 2.40 bits per heavy atom. The van der Waals surface area contributed by atoms with Crippen molar-refractivity contribution in [2.75, 3.05) is 7.11 Å². The maximum Gasteiger partial charge on any atom is 0.338 e. The summed E-state index contributed by atoms with van der Waals surface area (Å²) in [6.07, 6.45) is 5.13. The summed E-state index contributed by atoms with van der Waals surface area (Å²) in [5.41, 5.74) is 2.71. The van der Waals surface area contributed by atoms with E-state index >= 15 is 0 Å². The van der Waals surface area contributed by atoms with Crippen molar-refractivity contribution in [3.05, 3.63) is 17.9 Å². The molecule has 0 unspecified atom stereocenters. The fourth-order valence-electron chi connectivity index (χ4n) is 0.414. The van der Waals surface area contributed by atoms with Gasteiger partial charge in [0.1, 0.15) is 0 Å². The Bertz CT molecular complexity index is 153. The molecule has 0 aliphatic carbocycles. The van der Waals surface area contributed by atoms with Crippen LogP contribution in [0.2, 0.25) is 0 Å². The van der Waals surface area contributed by atoms with Crippen molar-refractivity contribution in [1.82, 2.24) is 0 Å². The molecule has 10 heavy (non-hydrogen) atoms. The molecule has 0 saturated heterocycles. The molecule has 0 aliphatic heterocycles. The molecular formula is C8H12O2. The molecule has 0 bridgehead atoms. The maximum absolute atomic E-state index is 10.4. The third kappa shape index (κ3) is 5.13. The highest BCUT2D eigenvalue weighted by Gasteiger charge is 1.85. The van der Waals surface area contributed by atoms with Gasteiger partial charge in [-0.1, -0.05) is 13.3 Å². The zero-order valence-corrected chi connectivity index (χ0v) is 6.39. The van der Waals surface area contributed by atoms with Gasteiger partial charge in [0.2, 0.25) is 0 Å². The van der Waals surface area contributed by atoms with Crippen molar-refractivity contribution in [2.24, 2.45) is 0 Å². The number of hydrogen-bond donors (Lipinski definition) is 0. The number of carbonyl (C=O) groups excluding carboxylic acids is 1. The third-order valence-corrected chi connectivity index (χ3v) is 0.953. The van der Waals surface area contributed by atoms with Gasteiger partial charge >= 0.3 is 5.97 Å². The van der Waals surface area contributed by atoms with Crippen molar-refractivity contribution in [3.63, 3.8) is 0 Å². The van der Waals surface area contributed by atoms with Crippen LogP contribution in [0.25, 0.3) is 0 Å². The second-order valence-electron chi connectivity index (χ2n) is 1.83. The Morgan fingerprint density at radius 3 is 2.90 bits per heavy atom. The third-order valence-electron chi connectivity index (χ3n) is 0.953. The van der Waals surface area contributed by atoms with E-state index in [0.717, 1.165) is 12.8 Å². The molecule has 2 heteroatoms. The zero-order chi connectivity index (χ0) is 7.82. The van der Waals surface area contributed by atoms with Gasteiger partial charge in [-0.2, -0.15) is 0 Å². The predicted octanol–water partition coefficient (Wildman–Crippen LogP) is 1.67. The Morgan fingerprint density at radius 1 is 1.70 bits per heavy atom. The molecule has 0 spiro atoms. The first-order chi connectivity index (χ1) is 4.81. The van der Waals surface area contributed by atoms with Crippen LogP contribution in [0.15, 0.2) is 17.9 Å². The fourth-order valence-corrected chi connectivity index (χ4v) is 0.414. The summed E-state index contributed by atoms with van der Waals surface area (Å²) in [5, 5.41) is 0. The molecule has 0 heterocycles. The Balaban J connectivity index is 3.62. The monoisotopic (exact) mass is 140 g/mol. The first-order valence-electron chi connectivity index (χ1n) is 3.30. The van der Waals surface area contributed by atoms with Crippen LogP contribution in [0, 0.1) is 0 Å². The van der Waals surface area contributed by atoms with Crippen LogP contribution in [0.1, 0.15) is 19.8 Å². The summed E-state index contributed by atoms with van der Waals surface area (Å²) in [4.78, 5) is 10.4. The number of methoxy groups -OCH3 is 1. The van der Waals surface area contributed by atoms with Crippen molar-refractivity contribution < 1.29 is 9.53 Å². The number of hydrogen-bond acceptors (Lipinski definition) is 2. The fraction of sp³-hybridized carbons (Fsp3) is 0.500. The van der Waals surface area contributed by atoms with Crippen LogP contribution in [-0.4, -0.2) is 13.1 Å². The van der Waals surface area contributed by atoms with Crippen LogP contribution in [-0.2, 0) is 9.53 Å². The second-order valence-corrected chi connectivity index (χ2v) is 1.83.